The molecule has 0 aliphatic heterocycles. The number of carbonyl (C=O) groups excluding carboxylic acids is 3. The number of hydrogen-bond donors (Lipinski definition) is 0. The molecule has 0 bridgehead atoms. The first-order valence-electron chi connectivity index (χ1n) is 29.8. The lowest BCUT2D eigenvalue weighted by Gasteiger charge is -2.18. The molecule has 1 atom stereocenters. The van der Waals surface area contributed by atoms with Crippen molar-refractivity contribution in [1.29, 1.82) is 0 Å². The molecule has 0 spiro atoms. The molecule has 6 nitrogen and oxygen atoms in total. The maximum absolute atomic E-state index is 12.8. The van der Waals surface area contributed by atoms with Crippen molar-refractivity contribution < 1.29 is 28.6 Å². The lowest BCUT2D eigenvalue weighted by atomic mass is 10.0. The smallest absolute Gasteiger partial charge is 0.306 e. The Morgan fingerprint density at radius 2 is 0.537 bits per heavy atom. The van der Waals surface area contributed by atoms with E-state index in [2.05, 4.69) is 45.1 Å². The van der Waals surface area contributed by atoms with Gasteiger partial charge in [-0.1, -0.05) is 283 Å². The van der Waals surface area contributed by atoms with Gasteiger partial charge in [-0.25, -0.2) is 0 Å². The van der Waals surface area contributed by atoms with Crippen LogP contribution in [-0.4, -0.2) is 37.2 Å². The largest absolute Gasteiger partial charge is 0.462 e. The van der Waals surface area contributed by atoms with Crippen molar-refractivity contribution >= 4 is 17.9 Å². The van der Waals surface area contributed by atoms with E-state index in [-0.39, 0.29) is 31.1 Å². The second-order valence-electron chi connectivity index (χ2n) is 20.3. The lowest BCUT2D eigenvalue weighted by Crippen LogP contribution is -2.30. The Hall–Kier alpha value is -2.11. The molecule has 0 aromatic rings. The maximum atomic E-state index is 12.8. The van der Waals surface area contributed by atoms with Gasteiger partial charge in [0.2, 0.25) is 0 Å². The van der Waals surface area contributed by atoms with Crippen LogP contribution in [0.5, 0.6) is 0 Å². The fourth-order valence-electron chi connectivity index (χ4n) is 8.95. The number of allylic oxidation sites excluding steroid dienone is 4. The van der Waals surface area contributed by atoms with Crippen LogP contribution in [0.2, 0.25) is 0 Å². The molecule has 0 rings (SSSR count). The predicted octanol–water partition coefficient (Wildman–Crippen LogP) is 19.9. The molecular formula is C61H114O6. The van der Waals surface area contributed by atoms with Gasteiger partial charge in [0.15, 0.2) is 6.10 Å². The van der Waals surface area contributed by atoms with Crippen LogP contribution in [0, 0.1) is 0 Å². The standard InChI is InChI=1S/C61H114O6/c1-4-7-10-13-16-19-22-25-28-29-30-31-32-34-36-39-42-45-48-51-54-60(63)66-57-58(56-65-59(62)53-50-47-44-41-38-35-27-24-21-18-15-12-9-6-3)67-61(64)55-52-49-46-43-40-37-33-26-23-20-17-14-11-8-5-2/h17,20,26,33,58H,4-16,18-19,21-25,27-32,34-57H2,1-3H3/b20-17-,33-26-. The summed E-state index contributed by atoms with van der Waals surface area (Å²) in [6.45, 7) is 6.66. The molecule has 0 heterocycles. The summed E-state index contributed by atoms with van der Waals surface area (Å²) in [5.41, 5.74) is 0. The summed E-state index contributed by atoms with van der Waals surface area (Å²) in [5.74, 6) is -0.862. The molecule has 0 fully saturated rings. The van der Waals surface area contributed by atoms with Crippen molar-refractivity contribution in [2.24, 2.45) is 0 Å². The molecular weight excluding hydrogens is 829 g/mol. The highest BCUT2D eigenvalue weighted by molar-refractivity contribution is 5.71. The molecule has 0 amide bonds. The minimum Gasteiger partial charge on any atom is -0.462 e. The average Bonchev–Trinajstić information content (AvgIpc) is 3.33. The van der Waals surface area contributed by atoms with E-state index < -0.39 is 6.10 Å². The Labute approximate surface area is 417 Å². The van der Waals surface area contributed by atoms with Crippen LogP contribution in [0.4, 0.5) is 0 Å². The van der Waals surface area contributed by atoms with Crippen LogP contribution < -0.4 is 0 Å². The summed E-state index contributed by atoms with van der Waals surface area (Å²) in [6.07, 6.45) is 66.0. The molecule has 67 heavy (non-hydrogen) atoms. The summed E-state index contributed by atoms with van der Waals surface area (Å²) >= 11 is 0. The SMILES string of the molecule is CCCCC/C=C\C/C=C\CCCCCCCC(=O)OC(COC(=O)CCCCCCCCCCCCCCCC)COC(=O)CCCCCCCCCCCCCCCCCCCCCC. The lowest BCUT2D eigenvalue weighted by molar-refractivity contribution is -0.167. The quantitative estimate of drug-likeness (QED) is 0.0262. The van der Waals surface area contributed by atoms with Crippen molar-refractivity contribution in [2.75, 3.05) is 13.2 Å². The second-order valence-corrected chi connectivity index (χ2v) is 20.3. The zero-order chi connectivity index (χ0) is 48.6. The van der Waals surface area contributed by atoms with E-state index in [1.54, 1.807) is 0 Å². The number of carbonyl (C=O) groups is 3. The normalized spacial score (nSPS) is 12.1. The van der Waals surface area contributed by atoms with Crippen LogP contribution in [0.1, 0.15) is 329 Å². The average molecular weight is 944 g/mol. The van der Waals surface area contributed by atoms with Crippen LogP contribution in [0.15, 0.2) is 24.3 Å². The number of ether oxygens (including phenoxy) is 3. The Morgan fingerprint density at radius 3 is 0.851 bits per heavy atom. The minimum atomic E-state index is -0.774. The maximum Gasteiger partial charge on any atom is 0.306 e. The Bertz CT molecular complexity index is 1080. The van der Waals surface area contributed by atoms with Crippen molar-refractivity contribution in [3.63, 3.8) is 0 Å². The first kappa shape index (κ1) is 64.9. The van der Waals surface area contributed by atoms with Gasteiger partial charge >= 0.3 is 17.9 Å². The zero-order valence-corrected chi connectivity index (χ0v) is 45.2. The van der Waals surface area contributed by atoms with E-state index in [0.29, 0.717) is 19.3 Å². The summed E-state index contributed by atoms with van der Waals surface area (Å²) in [6, 6.07) is 0. The van der Waals surface area contributed by atoms with Gasteiger partial charge in [0, 0.05) is 19.3 Å². The molecule has 0 aromatic heterocycles. The fourth-order valence-corrected chi connectivity index (χ4v) is 8.95. The van der Waals surface area contributed by atoms with Gasteiger partial charge in [-0.05, 0) is 51.4 Å². The Morgan fingerprint density at radius 1 is 0.299 bits per heavy atom. The monoisotopic (exact) mass is 943 g/mol. The number of rotatable bonds is 55. The highest BCUT2D eigenvalue weighted by atomic mass is 16.6. The molecule has 0 aromatic carbocycles. The first-order valence-corrected chi connectivity index (χ1v) is 29.8. The van der Waals surface area contributed by atoms with Gasteiger partial charge in [-0.3, -0.25) is 14.4 Å². The third-order valence-electron chi connectivity index (χ3n) is 13.5. The number of hydrogen-bond acceptors (Lipinski definition) is 6. The van der Waals surface area contributed by atoms with Crippen molar-refractivity contribution in [1.82, 2.24) is 0 Å². The van der Waals surface area contributed by atoms with Crippen molar-refractivity contribution in [3.8, 4) is 0 Å². The predicted molar refractivity (Wildman–Crippen MR) is 289 cm³/mol. The highest BCUT2D eigenvalue weighted by Crippen LogP contribution is 2.17. The number of unbranched alkanes of at least 4 members (excludes halogenated alkanes) is 40. The van der Waals surface area contributed by atoms with Gasteiger partial charge in [-0.2, -0.15) is 0 Å². The molecule has 0 radical (unpaired) electrons. The van der Waals surface area contributed by atoms with E-state index in [1.807, 2.05) is 0 Å². The molecule has 0 aliphatic carbocycles. The van der Waals surface area contributed by atoms with Gasteiger partial charge in [0.25, 0.3) is 0 Å². The van der Waals surface area contributed by atoms with E-state index in [9.17, 15) is 14.4 Å². The third kappa shape index (κ3) is 54.7. The van der Waals surface area contributed by atoms with Gasteiger partial charge < -0.3 is 14.2 Å². The number of esters is 3. The minimum absolute atomic E-state index is 0.0714. The van der Waals surface area contributed by atoms with Crippen LogP contribution in [0.25, 0.3) is 0 Å². The van der Waals surface area contributed by atoms with E-state index in [0.717, 1.165) is 77.0 Å². The molecule has 0 N–H and O–H groups in total. The molecule has 0 saturated carbocycles. The fraction of sp³-hybridized carbons (Fsp3) is 0.885. The molecule has 1 unspecified atom stereocenters. The second kappa shape index (κ2) is 56.5. The van der Waals surface area contributed by atoms with Crippen LogP contribution >= 0.6 is 0 Å². The molecule has 0 saturated heterocycles. The third-order valence-corrected chi connectivity index (χ3v) is 13.5. The van der Waals surface area contributed by atoms with Crippen molar-refractivity contribution in [2.45, 2.75) is 335 Å². The summed E-state index contributed by atoms with van der Waals surface area (Å²) < 4.78 is 16.9. The van der Waals surface area contributed by atoms with E-state index >= 15 is 0 Å². The molecule has 6 heteroatoms. The van der Waals surface area contributed by atoms with Gasteiger partial charge in [0.1, 0.15) is 13.2 Å². The molecule has 394 valence electrons. The summed E-state index contributed by atoms with van der Waals surface area (Å²) in [4.78, 5) is 38.2. The van der Waals surface area contributed by atoms with E-state index in [4.69, 9.17) is 14.2 Å². The Kier molecular flexibility index (Phi) is 54.7. The zero-order valence-electron chi connectivity index (χ0n) is 45.2. The van der Waals surface area contributed by atoms with Gasteiger partial charge in [-0.15, -0.1) is 0 Å². The van der Waals surface area contributed by atoms with Crippen LogP contribution in [-0.2, 0) is 28.6 Å². The topological polar surface area (TPSA) is 78.9 Å². The summed E-state index contributed by atoms with van der Waals surface area (Å²) in [7, 11) is 0. The summed E-state index contributed by atoms with van der Waals surface area (Å²) in [5, 5.41) is 0. The Balaban J connectivity index is 4.30. The molecule has 0 aliphatic rings. The van der Waals surface area contributed by atoms with Gasteiger partial charge in [0.05, 0.1) is 0 Å². The van der Waals surface area contributed by atoms with Crippen LogP contribution in [0.3, 0.4) is 0 Å². The van der Waals surface area contributed by atoms with E-state index in [1.165, 1.54) is 212 Å². The van der Waals surface area contributed by atoms with Crippen molar-refractivity contribution in [3.05, 3.63) is 24.3 Å². The highest BCUT2D eigenvalue weighted by Gasteiger charge is 2.19. The first-order chi connectivity index (χ1) is 33.0.